The van der Waals surface area contributed by atoms with Crippen molar-refractivity contribution < 1.29 is 5.11 Å². The summed E-state index contributed by atoms with van der Waals surface area (Å²) in [6, 6.07) is 7.18. The second kappa shape index (κ2) is 3.97. The van der Waals surface area contributed by atoms with Crippen molar-refractivity contribution in [2.24, 2.45) is 5.18 Å². The van der Waals surface area contributed by atoms with Gasteiger partial charge in [0.05, 0.1) is 0 Å². The van der Waals surface area contributed by atoms with Crippen molar-refractivity contribution in [2.75, 3.05) is 0 Å². The first-order valence-electron chi connectivity index (χ1n) is 3.87. The molecular formula is C9H11NO2. The molecule has 1 aromatic carbocycles. The Hall–Kier alpha value is -1.22. The molecule has 0 aliphatic rings. The van der Waals surface area contributed by atoms with Crippen LogP contribution in [0.5, 0.6) is 0 Å². The molecule has 0 heterocycles. The van der Waals surface area contributed by atoms with Crippen LogP contribution in [0.4, 0.5) is 0 Å². The third-order valence-corrected chi connectivity index (χ3v) is 1.79. The summed E-state index contributed by atoms with van der Waals surface area (Å²) in [6.07, 6.45) is -0.277. The van der Waals surface area contributed by atoms with Gasteiger partial charge in [0.25, 0.3) is 0 Å². The van der Waals surface area contributed by atoms with E-state index in [0.29, 0.717) is 5.56 Å². The molecule has 1 atom stereocenters. The van der Waals surface area contributed by atoms with Crippen LogP contribution >= 0.6 is 0 Å². The van der Waals surface area contributed by atoms with Crippen molar-refractivity contribution >= 4 is 0 Å². The van der Waals surface area contributed by atoms with E-state index in [1.165, 1.54) is 5.56 Å². The highest BCUT2D eigenvalue weighted by Crippen LogP contribution is 2.14. The summed E-state index contributed by atoms with van der Waals surface area (Å²) < 4.78 is 0. The van der Waals surface area contributed by atoms with E-state index in [0.717, 1.165) is 6.42 Å². The van der Waals surface area contributed by atoms with Crippen LogP contribution in [0.1, 0.15) is 24.3 Å². The maximum atomic E-state index is 9.96. The molecule has 1 unspecified atom stereocenters. The molecule has 0 radical (unpaired) electrons. The molecule has 3 nitrogen and oxygen atoms in total. The molecule has 1 aromatic rings. The molecule has 3 heteroatoms. The number of aryl methyl sites for hydroxylation is 1. The Kier molecular flexibility index (Phi) is 2.94. The van der Waals surface area contributed by atoms with Gasteiger partial charge < -0.3 is 5.11 Å². The summed E-state index contributed by atoms with van der Waals surface area (Å²) >= 11 is 0. The minimum Gasteiger partial charge on any atom is -0.365 e. The maximum Gasteiger partial charge on any atom is 0.213 e. The molecule has 0 bridgehead atoms. The third kappa shape index (κ3) is 1.89. The van der Waals surface area contributed by atoms with Gasteiger partial charge >= 0.3 is 0 Å². The molecule has 0 aromatic heterocycles. The molecule has 0 fully saturated rings. The predicted molar refractivity (Wildman–Crippen MR) is 46.6 cm³/mol. The van der Waals surface area contributed by atoms with Crippen molar-refractivity contribution in [3.63, 3.8) is 0 Å². The van der Waals surface area contributed by atoms with Crippen LogP contribution < -0.4 is 0 Å². The fraction of sp³-hybridized carbons (Fsp3) is 0.333. The molecule has 0 saturated carbocycles. The lowest BCUT2D eigenvalue weighted by molar-refractivity contribution is 0.187. The zero-order valence-corrected chi connectivity index (χ0v) is 6.90. The van der Waals surface area contributed by atoms with Gasteiger partial charge in [-0.05, 0) is 17.2 Å². The van der Waals surface area contributed by atoms with Crippen LogP contribution in [0.2, 0.25) is 0 Å². The van der Waals surface area contributed by atoms with Gasteiger partial charge in [0.2, 0.25) is 6.23 Å². The molecule has 0 spiro atoms. The quantitative estimate of drug-likeness (QED) is 0.696. The van der Waals surface area contributed by atoms with Gasteiger partial charge in [-0.15, -0.1) is 4.91 Å². The molecule has 1 N–H and O–H groups in total. The first-order valence-corrected chi connectivity index (χ1v) is 3.87. The van der Waals surface area contributed by atoms with Crippen LogP contribution in [-0.4, -0.2) is 5.11 Å². The number of aliphatic hydroxyl groups is 1. The second-order valence-electron chi connectivity index (χ2n) is 2.57. The van der Waals surface area contributed by atoms with Crippen LogP contribution in [0.3, 0.4) is 0 Å². The summed E-state index contributed by atoms with van der Waals surface area (Å²) in [5.74, 6) is 0. The van der Waals surface area contributed by atoms with E-state index in [2.05, 4.69) is 5.18 Å². The Morgan fingerprint density at radius 2 is 2.00 bits per heavy atom. The van der Waals surface area contributed by atoms with E-state index in [9.17, 15) is 4.91 Å². The third-order valence-electron chi connectivity index (χ3n) is 1.79. The number of nitroso groups, excluding NO2 is 1. The minimum absolute atomic E-state index is 0.544. The first-order chi connectivity index (χ1) is 5.77. The standard InChI is InChI=1S/C9H11NO2/c1-2-7-3-5-8(6-4-7)9(11)10-12/h3-6,9,11H,2H2,1H3. The molecular weight excluding hydrogens is 154 g/mol. The highest BCUT2D eigenvalue weighted by molar-refractivity contribution is 5.23. The topological polar surface area (TPSA) is 49.7 Å². The van der Waals surface area contributed by atoms with Crippen LogP contribution in [-0.2, 0) is 6.42 Å². The lowest BCUT2D eigenvalue weighted by atomic mass is 10.1. The van der Waals surface area contributed by atoms with Crippen LogP contribution in [0, 0.1) is 4.91 Å². The van der Waals surface area contributed by atoms with Crippen molar-refractivity contribution in [2.45, 2.75) is 19.6 Å². The number of hydrogen-bond donors (Lipinski definition) is 1. The first kappa shape index (κ1) is 8.87. The SMILES string of the molecule is CCc1ccc(C(O)N=O)cc1. The molecule has 64 valence electrons. The van der Waals surface area contributed by atoms with Crippen molar-refractivity contribution in [3.05, 3.63) is 40.3 Å². The molecule has 0 aliphatic carbocycles. The van der Waals surface area contributed by atoms with E-state index in [-0.39, 0.29) is 0 Å². The highest BCUT2D eigenvalue weighted by Gasteiger charge is 2.04. The number of aliphatic hydroxyl groups excluding tert-OH is 1. The number of hydrogen-bond acceptors (Lipinski definition) is 3. The summed E-state index contributed by atoms with van der Waals surface area (Å²) in [4.78, 5) is 9.96. The monoisotopic (exact) mass is 165 g/mol. The van der Waals surface area contributed by atoms with Crippen molar-refractivity contribution in [3.8, 4) is 0 Å². The van der Waals surface area contributed by atoms with Gasteiger partial charge in [-0.1, -0.05) is 31.2 Å². The van der Waals surface area contributed by atoms with Gasteiger partial charge in [-0.3, -0.25) is 0 Å². The average molecular weight is 165 g/mol. The predicted octanol–water partition coefficient (Wildman–Crippen LogP) is 2.01. The van der Waals surface area contributed by atoms with Crippen molar-refractivity contribution in [1.82, 2.24) is 0 Å². The second-order valence-corrected chi connectivity index (χ2v) is 2.57. The van der Waals surface area contributed by atoms with Gasteiger partial charge in [0, 0.05) is 5.56 Å². The molecule has 1 rings (SSSR count). The van der Waals surface area contributed by atoms with Crippen molar-refractivity contribution in [1.29, 1.82) is 0 Å². The average Bonchev–Trinajstić information content (AvgIpc) is 2.17. The lowest BCUT2D eigenvalue weighted by Gasteiger charge is -2.02. The van der Waals surface area contributed by atoms with E-state index >= 15 is 0 Å². The Balaban J connectivity index is 2.84. The Morgan fingerprint density at radius 1 is 1.42 bits per heavy atom. The Morgan fingerprint density at radius 3 is 2.42 bits per heavy atom. The van der Waals surface area contributed by atoms with Gasteiger partial charge in [0.1, 0.15) is 0 Å². The lowest BCUT2D eigenvalue weighted by Crippen LogP contribution is -1.92. The highest BCUT2D eigenvalue weighted by atomic mass is 16.3. The fourth-order valence-electron chi connectivity index (χ4n) is 0.986. The summed E-state index contributed by atoms with van der Waals surface area (Å²) in [7, 11) is 0. The van der Waals surface area contributed by atoms with Gasteiger partial charge in [-0.25, -0.2) is 0 Å². The molecule has 0 aliphatic heterocycles. The van der Waals surface area contributed by atoms with Crippen LogP contribution in [0.25, 0.3) is 0 Å². The fourth-order valence-corrected chi connectivity index (χ4v) is 0.986. The van der Waals surface area contributed by atoms with E-state index in [1.807, 2.05) is 19.1 Å². The zero-order valence-electron chi connectivity index (χ0n) is 6.90. The van der Waals surface area contributed by atoms with E-state index < -0.39 is 6.23 Å². The maximum absolute atomic E-state index is 9.96. The normalized spacial score (nSPS) is 12.5. The summed E-state index contributed by atoms with van der Waals surface area (Å²) in [6.45, 7) is 2.05. The largest absolute Gasteiger partial charge is 0.365 e. The van der Waals surface area contributed by atoms with Gasteiger partial charge in [-0.2, -0.15) is 0 Å². The molecule has 12 heavy (non-hydrogen) atoms. The number of nitrogens with zero attached hydrogens (tertiary/aromatic N) is 1. The van der Waals surface area contributed by atoms with E-state index in [4.69, 9.17) is 5.11 Å². The zero-order chi connectivity index (χ0) is 8.97. The van der Waals surface area contributed by atoms with Crippen LogP contribution in [0.15, 0.2) is 29.4 Å². The molecule has 0 saturated heterocycles. The minimum atomic E-state index is -1.23. The van der Waals surface area contributed by atoms with Gasteiger partial charge in [0.15, 0.2) is 0 Å². The Bertz CT molecular complexity index is 256. The number of benzene rings is 1. The van der Waals surface area contributed by atoms with E-state index in [1.54, 1.807) is 12.1 Å². The molecule has 0 amide bonds. The Labute approximate surface area is 71.0 Å². The number of rotatable bonds is 3. The smallest absolute Gasteiger partial charge is 0.213 e. The summed E-state index contributed by atoms with van der Waals surface area (Å²) in [5.41, 5.74) is 1.72. The summed E-state index contributed by atoms with van der Waals surface area (Å²) in [5, 5.41) is 11.5.